The molecule has 3 rings (SSSR count). The average molecular weight is 474 g/mol. The van der Waals surface area contributed by atoms with Crippen molar-refractivity contribution in [3.63, 3.8) is 0 Å². The molecule has 0 bridgehead atoms. The highest BCUT2D eigenvalue weighted by Crippen LogP contribution is 2.41. The highest BCUT2D eigenvalue weighted by Gasteiger charge is 2.42. The smallest absolute Gasteiger partial charge is 0.261 e. The Balaban J connectivity index is 1.98. The highest BCUT2D eigenvalue weighted by atomic mass is 79.9. The first-order chi connectivity index (χ1) is 13.4. The number of carbonyl (C=O) groups excluding carboxylic acids is 2. The monoisotopic (exact) mass is 473 g/mol. The molecule has 1 aliphatic rings. The number of benzene rings is 2. The second kappa shape index (κ2) is 7.82. The molecule has 29 heavy (non-hydrogen) atoms. The second-order valence-corrected chi connectivity index (χ2v) is 14.8. The molecular weight excluding hydrogens is 446 g/mol. The molecule has 0 radical (unpaired) electrons. The van der Waals surface area contributed by atoms with Crippen LogP contribution in [-0.4, -0.2) is 31.6 Å². The van der Waals surface area contributed by atoms with E-state index >= 15 is 0 Å². The zero-order valence-corrected chi connectivity index (χ0v) is 20.5. The van der Waals surface area contributed by atoms with E-state index in [9.17, 15) is 9.59 Å². The van der Waals surface area contributed by atoms with Gasteiger partial charge in [-0.05, 0) is 60.4 Å². The summed E-state index contributed by atoms with van der Waals surface area (Å²) in [6.07, 6.45) is -0.369. The molecule has 0 spiro atoms. The fourth-order valence-electron chi connectivity index (χ4n) is 3.30. The predicted octanol–water partition coefficient (Wildman–Crippen LogP) is 6.12. The molecule has 1 heterocycles. The van der Waals surface area contributed by atoms with Crippen molar-refractivity contribution in [2.75, 3.05) is 6.54 Å². The van der Waals surface area contributed by atoms with Crippen LogP contribution < -0.4 is 0 Å². The summed E-state index contributed by atoms with van der Waals surface area (Å²) in [5.41, 5.74) is 3.02. The van der Waals surface area contributed by atoms with Crippen molar-refractivity contribution in [2.24, 2.45) is 0 Å². The Morgan fingerprint density at radius 2 is 1.59 bits per heavy atom. The number of carbonyl (C=O) groups is 2. The molecule has 2 amide bonds. The Bertz CT molecular complexity index is 930. The summed E-state index contributed by atoms with van der Waals surface area (Å²) < 4.78 is 7.74. The molecule has 6 heteroatoms. The molecule has 1 atom stereocenters. The van der Waals surface area contributed by atoms with Gasteiger partial charge in [-0.2, -0.15) is 0 Å². The van der Waals surface area contributed by atoms with E-state index < -0.39 is 8.32 Å². The van der Waals surface area contributed by atoms with Crippen molar-refractivity contribution >= 4 is 36.1 Å². The minimum atomic E-state index is -2.14. The van der Waals surface area contributed by atoms with Crippen molar-refractivity contribution in [2.45, 2.75) is 51.9 Å². The molecular formula is C23H28BrNO3Si. The molecule has 2 aromatic rings. The maximum Gasteiger partial charge on any atom is 0.261 e. The van der Waals surface area contributed by atoms with Crippen LogP contribution in [0.25, 0.3) is 0 Å². The minimum Gasteiger partial charge on any atom is -0.408 e. The summed E-state index contributed by atoms with van der Waals surface area (Å²) in [7, 11) is -2.14. The number of aryl methyl sites for hydroxylation is 1. The number of fused-ring (bicyclic) bond motifs is 1. The summed E-state index contributed by atoms with van der Waals surface area (Å²) in [6, 6.07) is 13.0. The molecule has 0 fully saturated rings. The summed E-state index contributed by atoms with van der Waals surface area (Å²) in [5.74, 6) is -0.492. The Morgan fingerprint density at radius 1 is 1.03 bits per heavy atom. The SMILES string of the molecule is Cc1cc(Br)ccc1C(CN1C(=O)c2ccccc2C1=O)O[Si](C)(C)C(C)(C)C. The summed E-state index contributed by atoms with van der Waals surface area (Å²) >= 11 is 3.51. The third kappa shape index (κ3) is 4.25. The van der Waals surface area contributed by atoms with Gasteiger partial charge in [0.05, 0.1) is 23.8 Å². The molecule has 1 aliphatic heterocycles. The van der Waals surface area contributed by atoms with Gasteiger partial charge in [0.15, 0.2) is 8.32 Å². The van der Waals surface area contributed by atoms with Crippen LogP contribution in [0, 0.1) is 6.92 Å². The second-order valence-electron chi connectivity index (χ2n) is 9.13. The lowest BCUT2D eigenvalue weighted by Gasteiger charge is -2.40. The number of amides is 2. The quantitative estimate of drug-likeness (QED) is 0.388. The van der Waals surface area contributed by atoms with E-state index in [1.165, 1.54) is 4.90 Å². The zero-order valence-electron chi connectivity index (χ0n) is 17.9. The van der Waals surface area contributed by atoms with Crippen molar-refractivity contribution in [3.05, 3.63) is 69.2 Å². The van der Waals surface area contributed by atoms with Crippen LogP contribution in [0.5, 0.6) is 0 Å². The average Bonchev–Trinajstić information content (AvgIpc) is 2.85. The van der Waals surface area contributed by atoms with Gasteiger partial charge in [0.1, 0.15) is 0 Å². The van der Waals surface area contributed by atoms with Gasteiger partial charge in [-0.15, -0.1) is 0 Å². The number of nitrogens with zero attached hydrogens (tertiary/aromatic N) is 1. The molecule has 0 aromatic heterocycles. The van der Waals surface area contributed by atoms with E-state index in [2.05, 4.69) is 49.8 Å². The van der Waals surface area contributed by atoms with E-state index in [4.69, 9.17) is 4.43 Å². The van der Waals surface area contributed by atoms with Crippen LogP contribution in [-0.2, 0) is 4.43 Å². The first-order valence-corrected chi connectivity index (χ1v) is 13.5. The zero-order chi connectivity index (χ0) is 21.6. The lowest BCUT2D eigenvalue weighted by molar-refractivity contribution is 0.0556. The maximum absolute atomic E-state index is 12.9. The van der Waals surface area contributed by atoms with Crippen LogP contribution >= 0.6 is 15.9 Å². The maximum atomic E-state index is 12.9. The molecule has 4 nitrogen and oxygen atoms in total. The molecule has 0 aliphatic carbocycles. The fraction of sp³-hybridized carbons (Fsp3) is 0.391. The molecule has 0 saturated heterocycles. The standard InChI is InChI=1S/C23H28BrNO3Si/c1-15-13-16(24)11-12-17(15)20(28-29(5,6)23(2,3)4)14-25-21(26)18-9-7-8-10-19(18)22(25)27/h7-13,20H,14H2,1-6H3. The van der Waals surface area contributed by atoms with Crippen molar-refractivity contribution in [1.29, 1.82) is 0 Å². The molecule has 0 N–H and O–H groups in total. The van der Waals surface area contributed by atoms with E-state index in [-0.39, 0.29) is 29.5 Å². The Kier molecular flexibility index (Phi) is 5.91. The summed E-state index contributed by atoms with van der Waals surface area (Å²) in [4.78, 5) is 27.2. The van der Waals surface area contributed by atoms with Crippen molar-refractivity contribution < 1.29 is 14.0 Å². The Hall–Kier alpha value is -1.76. The van der Waals surface area contributed by atoms with Crippen LogP contribution in [0.15, 0.2) is 46.9 Å². The van der Waals surface area contributed by atoms with Gasteiger partial charge in [0, 0.05) is 4.47 Å². The number of rotatable bonds is 5. The van der Waals surface area contributed by atoms with Crippen LogP contribution in [0.1, 0.15) is 58.7 Å². The van der Waals surface area contributed by atoms with Gasteiger partial charge in [-0.3, -0.25) is 14.5 Å². The van der Waals surface area contributed by atoms with Gasteiger partial charge in [0.25, 0.3) is 11.8 Å². The number of hydrogen-bond donors (Lipinski definition) is 0. The van der Waals surface area contributed by atoms with E-state index in [1.54, 1.807) is 24.3 Å². The number of hydrogen-bond acceptors (Lipinski definition) is 3. The van der Waals surface area contributed by atoms with Crippen molar-refractivity contribution in [3.8, 4) is 0 Å². The Morgan fingerprint density at radius 3 is 2.07 bits per heavy atom. The number of halogens is 1. The van der Waals surface area contributed by atoms with Crippen LogP contribution in [0.2, 0.25) is 18.1 Å². The fourth-order valence-corrected chi connectivity index (χ4v) is 5.04. The summed E-state index contributed by atoms with van der Waals surface area (Å²) in [6.45, 7) is 13.2. The summed E-state index contributed by atoms with van der Waals surface area (Å²) in [5, 5.41) is 0.0104. The predicted molar refractivity (Wildman–Crippen MR) is 122 cm³/mol. The number of imide groups is 1. The van der Waals surface area contributed by atoms with Gasteiger partial charge in [0.2, 0.25) is 0 Å². The third-order valence-electron chi connectivity index (χ3n) is 6.05. The van der Waals surface area contributed by atoms with E-state index in [0.29, 0.717) is 11.1 Å². The van der Waals surface area contributed by atoms with Gasteiger partial charge in [-0.25, -0.2) is 0 Å². The lowest BCUT2D eigenvalue weighted by atomic mass is 10.0. The minimum absolute atomic E-state index is 0.0104. The normalized spacial score (nSPS) is 15.6. The van der Waals surface area contributed by atoms with Crippen LogP contribution in [0.4, 0.5) is 0 Å². The molecule has 1 unspecified atom stereocenters. The van der Waals surface area contributed by atoms with Gasteiger partial charge in [-0.1, -0.05) is 54.9 Å². The third-order valence-corrected chi connectivity index (χ3v) is 11.0. The topological polar surface area (TPSA) is 46.6 Å². The van der Waals surface area contributed by atoms with Crippen LogP contribution in [0.3, 0.4) is 0 Å². The molecule has 0 saturated carbocycles. The first kappa shape index (κ1) is 21.9. The van der Waals surface area contributed by atoms with Gasteiger partial charge < -0.3 is 4.43 Å². The van der Waals surface area contributed by atoms with Crippen molar-refractivity contribution in [1.82, 2.24) is 4.90 Å². The molecule has 2 aromatic carbocycles. The first-order valence-electron chi connectivity index (χ1n) is 9.81. The lowest BCUT2D eigenvalue weighted by Crippen LogP contribution is -2.45. The van der Waals surface area contributed by atoms with Gasteiger partial charge >= 0.3 is 0 Å². The van der Waals surface area contributed by atoms with E-state index in [0.717, 1.165) is 15.6 Å². The highest BCUT2D eigenvalue weighted by molar-refractivity contribution is 9.10. The Labute approximate surface area is 182 Å². The largest absolute Gasteiger partial charge is 0.408 e. The van der Waals surface area contributed by atoms with E-state index in [1.807, 2.05) is 25.1 Å². The molecule has 154 valence electrons.